The van der Waals surface area contributed by atoms with E-state index in [2.05, 4.69) is 4.99 Å². The average Bonchev–Trinajstić information content (AvgIpc) is 2.28. The van der Waals surface area contributed by atoms with E-state index in [1.54, 1.807) is 24.3 Å². The van der Waals surface area contributed by atoms with Crippen LogP contribution in [0.2, 0.25) is 0 Å². The van der Waals surface area contributed by atoms with Crippen LogP contribution in [0.3, 0.4) is 0 Å². The third-order valence-corrected chi connectivity index (χ3v) is 3.97. The van der Waals surface area contributed by atoms with Gasteiger partial charge in [0.15, 0.2) is 0 Å². The minimum Gasteiger partial charge on any atom is -0.508 e. The molecule has 0 unspecified atom stereocenters. The summed E-state index contributed by atoms with van der Waals surface area (Å²) in [7, 11) is -3.74. The highest BCUT2D eigenvalue weighted by Crippen LogP contribution is 2.10. The highest BCUT2D eigenvalue weighted by molar-refractivity contribution is 8.70. The molecule has 0 saturated heterocycles. The lowest BCUT2D eigenvalue weighted by Gasteiger charge is -2.01. The zero-order valence-corrected chi connectivity index (χ0v) is 11.1. The summed E-state index contributed by atoms with van der Waals surface area (Å²) >= 11 is 0. The van der Waals surface area contributed by atoms with E-state index in [9.17, 15) is 8.42 Å². The molecular formula is C10H14N2O4S2. The molecule has 0 heterocycles. The molecule has 18 heavy (non-hydrogen) atoms. The Bertz CT molecular complexity index is 511. The molecule has 0 radical (unpaired) electrons. The van der Waals surface area contributed by atoms with E-state index >= 15 is 0 Å². The lowest BCUT2D eigenvalue weighted by Crippen LogP contribution is -2.16. The van der Waals surface area contributed by atoms with Gasteiger partial charge in [-0.15, -0.1) is 0 Å². The molecule has 0 spiro atoms. The number of aliphatic imine (C=N–C) groups is 1. The Hall–Kier alpha value is -1.25. The number of rotatable bonds is 6. The number of aromatic hydroxyl groups is 1. The summed E-state index contributed by atoms with van der Waals surface area (Å²) in [5.74, 6) is 0.303. The average molecular weight is 290 g/mol. The van der Waals surface area contributed by atoms with Crippen LogP contribution in [0.1, 0.15) is 5.56 Å². The Morgan fingerprint density at radius 2 is 1.94 bits per heavy atom. The molecule has 0 aromatic heterocycles. The molecular weight excluding hydrogens is 276 g/mol. The predicted molar refractivity (Wildman–Crippen MR) is 72.3 cm³/mol. The van der Waals surface area contributed by atoms with Crippen molar-refractivity contribution in [2.75, 3.05) is 12.3 Å². The Kier molecular flexibility index (Phi) is 5.45. The van der Waals surface area contributed by atoms with E-state index in [0.29, 0.717) is 23.8 Å². The Morgan fingerprint density at radius 1 is 1.33 bits per heavy atom. The molecule has 0 amide bonds. The fraction of sp³-hybridized carbons (Fsp3) is 0.300. The molecule has 0 aliphatic carbocycles. The number of nitrogens with zero attached hydrogens (tertiary/aromatic N) is 1. The van der Waals surface area contributed by atoms with Gasteiger partial charge in [0.05, 0.1) is 5.75 Å². The predicted octanol–water partition coefficient (Wildman–Crippen LogP) is 0.828. The fourth-order valence-corrected chi connectivity index (χ4v) is 2.34. The quantitative estimate of drug-likeness (QED) is 0.309. The van der Waals surface area contributed by atoms with Crippen molar-refractivity contribution >= 4 is 25.8 Å². The van der Waals surface area contributed by atoms with Crippen molar-refractivity contribution < 1.29 is 18.1 Å². The lowest BCUT2D eigenvalue weighted by molar-refractivity contribution is 0.475. The van der Waals surface area contributed by atoms with Crippen LogP contribution in [0.4, 0.5) is 0 Å². The van der Waals surface area contributed by atoms with Crippen LogP contribution in [0.15, 0.2) is 29.3 Å². The van der Waals surface area contributed by atoms with Gasteiger partial charge in [-0.2, -0.15) is 8.42 Å². The minimum atomic E-state index is -4.07. The summed E-state index contributed by atoms with van der Waals surface area (Å²) in [6, 6.07) is 6.70. The molecule has 0 atom stereocenters. The number of phenolic OH excluding ortho intramolecular Hbond substituents is 1. The van der Waals surface area contributed by atoms with E-state index in [1.165, 1.54) is 0 Å². The van der Waals surface area contributed by atoms with Crippen molar-refractivity contribution in [2.24, 2.45) is 10.7 Å². The maximum absolute atomic E-state index is 10.4. The van der Waals surface area contributed by atoms with Gasteiger partial charge in [-0.25, -0.2) is 0 Å². The van der Waals surface area contributed by atoms with Crippen LogP contribution >= 0.6 is 10.8 Å². The number of amidine groups is 1. The van der Waals surface area contributed by atoms with Gasteiger partial charge >= 0.3 is 9.15 Å². The van der Waals surface area contributed by atoms with E-state index in [4.69, 9.17) is 15.4 Å². The second-order valence-corrected chi connectivity index (χ2v) is 6.83. The maximum atomic E-state index is 10.4. The summed E-state index contributed by atoms with van der Waals surface area (Å²) in [5, 5.41) is 9.09. The van der Waals surface area contributed by atoms with Gasteiger partial charge in [0.2, 0.25) is 0 Å². The van der Waals surface area contributed by atoms with Gasteiger partial charge in [0.1, 0.15) is 11.6 Å². The molecule has 0 aliphatic rings. The van der Waals surface area contributed by atoms with Crippen molar-refractivity contribution in [1.82, 2.24) is 0 Å². The van der Waals surface area contributed by atoms with Crippen LogP contribution in [-0.4, -0.2) is 36.2 Å². The first-order valence-corrected chi connectivity index (χ1v) is 7.99. The number of hydrogen-bond acceptors (Lipinski definition) is 5. The van der Waals surface area contributed by atoms with Crippen molar-refractivity contribution in [2.45, 2.75) is 6.42 Å². The van der Waals surface area contributed by atoms with Crippen molar-refractivity contribution in [3.05, 3.63) is 29.8 Å². The lowest BCUT2D eigenvalue weighted by atomic mass is 10.1. The summed E-state index contributed by atoms with van der Waals surface area (Å²) in [6.45, 7) is 0.419. The van der Waals surface area contributed by atoms with E-state index in [0.717, 1.165) is 5.56 Å². The Labute approximate surface area is 109 Å². The summed E-state index contributed by atoms with van der Waals surface area (Å²) in [4.78, 5) is 3.98. The first kappa shape index (κ1) is 14.8. The molecule has 1 aromatic rings. The highest BCUT2D eigenvalue weighted by Gasteiger charge is 2.06. The molecule has 4 N–H and O–H groups in total. The smallest absolute Gasteiger partial charge is 0.320 e. The number of phenols is 1. The first-order chi connectivity index (χ1) is 8.37. The molecule has 0 aliphatic heterocycles. The first-order valence-electron chi connectivity index (χ1n) is 5.05. The third-order valence-electron chi connectivity index (χ3n) is 2.01. The highest BCUT2D eigenvalue weighted by atomic mass is 33.1. The van der Waals surface area contributed by atoms with Crippen molar-refractivity contribution in [3.8, 4) is 5.75 Å². The van der Waals surface area contributed by atoms with Gasteiger partial charge in [0.25, 0.3) is 0 Å². The number of benzene rings is 1. The van der Waals surface area contributed by atoms with Gasteiger partial charge in [-0.05, 0) is 24.1 Å². The normalized spacial score (nSPS) is 12.6. The van der Waals surface area contributed by atoms with E-state index in [1.807, 2.05) is 0 Å². The summed E-state index contributed by atoms with van der Waals surface area (Å²) < 4.78 is 29.4. The minimum absolute atomic E-state index is 0.0611. The zero-order chi connectivity index (χ0) is 13.6. The molecule has 0 saturated carbocycles. The largest absolute Gasteiger partial charge is 0.508 e. The SMILES string of the molecule is NC(CSS(=O)(=O)O)=NCCc1ccc(O)cc1. The van der Waals surface area contributed by atoms with Gasteiger partial charge in [-0.3, -0.25) is 9.55 Å². The van der Waals surface area contributed by atoms with Gasteiger partial charge < -0.3 is 10.8 Å². The molecule has 1 rings (SSSR count). The second kappa shape index (κ2) is 6.62. The summed E-state index contributed by atoms with van der Waals surface area (Å²) in [5.41, 5.74) is 6.48. The van der Waals surface area contributed by atoms with Crippen LogP contribution in [0.25, 0.3) is 0 Å². The topological polar surface area (TPSA) is 113 Å². The Morgan fingerprint density at radius 3 is 2.50 bits per heavy atom. The molecule has 0 bridgehead atoms. The van der Waals surface area contributed by atoms with Crippen LogP contribution in [0, 0.1) is 0 Å². The molecule has 6 nitrogen and oxygen atoms in total. The molecule has 0 fully saturated rings. The summed E-state index contributed by atoms with van der Waals surface area (Å²) in [6.07, 6.45) is 0.636. The van der Waals surface area contributed by atoms with Gasteiger partial charge in [-0.1, -0.05) is 12.1 Å². The third kappa shape index (κ3) is 6.48. The van der Waals surface area contributed by atoms with Crippen LogP contribution in [-0.2, 0) is 15.6 Å². The number of nitrogens with two attached hydrogens (primary N) is 1. The van der Waals surface area contributed by atoms with E-state index in [-0.39, 0.29) is 17.3 Å². The van der Waals surface area contributed by atoms with Crippen molar-refractivity contribution in [3.63, 3.8) is 0 Å². The van der Waals surface area contributed by atoms with Gasteiger partial charge in [0, 0.05) is 17.3 Å². The Balaban J connectivity index is 2.38. The molecule has 8 heteroatoms. The number of hydrogen-bond donors (Lipinski definition) is 3. The van der Waals surface area contributed by atoms with E-state index < -0.39 is 9.15 Å². The monoisotopic (exact) mass is 290 g/mol. The fourth-order valence-electron chi connectivity index (χ4n) is 1.17. The standard InChI is InChI=1S/C10H14N2O4S2/c11-10(7-17-18(14,15)16)12-6-5-8-1-3-9(13)4-2-8/h1-4,13H,5-7H2,(H2,11,12)(H,14,15,16). The van der Waals surface area contributed by atoms with Crippen LogP contribution in [0.5, 0.6) is 5.75 Å². The van der Waals surface area contributed by atoms with Crippen molar-refractivity contribution in [1.29, 1.82) is 0 Å². The second-order valence-electron chi connectivity index (χ2n) is 3.48. The molecule has 1 aromatic carbocycles. The molecule has 100 valence electrons. The zero-order valence-electron chi connectivity index (χ0n) is 9.48. The maximum Gasteiger partial charge on any atom is 0.320 e. The van der Waals surface area contributed by atoms with Crippen LogP contribution < -0.4 is 5.73 Å².